The lowest BCUT2D eigenvalue weighted by Gasteiger charge is -2.36. The third-order valence-corrected chi connectivity index (χ3v) is 6.67. The van der Waals surface area contributed by atoms with Crippen LogP contribution < -0.4 is 15.1 Å². The van der Waals surface area contributed by atoms with E-state index in [4.69, 9.17) is 0 Å². The summed E-state index contributed by atoms with van der Waals surface area (Å²) in [5.74, 6) is -14.4. The van der Waals surface area contributed by atoms with Crippen LogP contribution in [-0.2, 0) is 5.67 Å². The van der Waals surface area contributed by atoms with Gasteiger partial charge in [-0.25, -0.2) is 13.2 Å². The van der Waals surface area contributed by atoms with Crippen molar-refractivity contribution in [1.29, 1.82) is 0 Å². The number of anilines is 2. The first-order valence-corrected chi connectivity index (χ1v) is 12.5. The Morgan fingerprint density at radius 2 is 1.44 bits per heavy atom. The maximum atomic E-state index is 15.2. The average molecular weight is 778 g/mol. The van der Waals surface area contributed by atoms with Crippen LogP contribution in [0.25, 0.3) is 0 Å². The molecule has 6 nitrogen and oxygen atoms in total. The largest absolute Gasteiger partial charge is 0.457 e. The highest BCUT2D eigenvalue weighted by molar-refractivity contribution is 14.1. The highest BCUT2D eigenvalue weighted by atomic mass is 127. The minimum absolute atomic E-state index is 0.273. The van der Waals surface area contributed by atoms with Crippen LogP contribution in [-0.4, -0.2) is 41.9 Å². The molecule has 0 aromatic heterocycles. The molecule has 1 atom stereocenters. The van der Waals surface area contributed by atoms with Crippen LogP contribution in [0.2, 0.25) is 0 Å². The number of nitrogens with one attached hydrogen (secondary N) is 1. The lowest BCUT2D eigenvalue weighted by atomic mass is 9.87. The normalized spacial score (nSPS) is 13.8. The highest BCUT2D eigenvalue weighted by Crippen LogP contribution is 2.59. The van der Waals surface area contributed by atoms with E-state index in [9.17, 15) is 67.5 Å². The number of hydroxylamine groups is 1. The van der Waals surface area contributed by atoms with Crippen LogP contribution in [0, 0.1) is 15.2 Å². The molecule has 0 aliphatic carbocycles. The Kier molecular flexibility index (Phi) is 9.92. The van der Waals surface area contributed by atoms with Crippen molar-refractivity contribution >= 4 is 45.8 Å². The molecule has 0 saturated heterocycles. The number of benzene rings is 3. The Labute approximate surface area is 255 Å². The van der Waals surface area contributed by atoms with Crippen molar-refractivity contribution in [3.05, 3.63) is 86.5 Å². The van der Waals surface area contributed by atoms with Crippen molar-refractivity contribution in [2.75, 3.05) is 10.4 Å². The fraction of sp³-hybridized carbons (Fsp3) is 0.200. The molecule has 0 aliphatic rings. The number of rotatable bonds is 8. The van der Waals surface area contributed by atoms with Crippen LogP contribution in [0.3, 0.4) is 0 Å². The van der Waals surface area contributed by atoms with E-state index in [0.717, 1.165) is 59.0 Å². The van der Waals surface area contributed by atoms with Gasteiger partial charge in [-0.15, -0.1) is 0 Å². The lowest BCUT2D eigenvalue weighted by molar-refractivity contribution is -0.389. The number of halogens is 14. The summed E-state index contributed by atoms with van der Waals surface area (Å²) in [6, 6.07) is 4.90. The molecule has 3 aromatic rings. The van der Waals surface area contributed by atoms with E-state index in [2.05, 4.69) is 4.74 Å². The molecule has 0 saturated carbocycles. The number of carbonyl (C=O) groups excluding carboxylic acids is 2. The zero-order chi connectivity index (χ0) is 34.3. The van der Waals surface area contributed by atoms with Gasteiger partial charge in [0.1, 0.15) is 11.5 Å². The molecule has 1 unspecified atom stereocenters. The van der Waals surface area contributed by atoms with Gasteiger partial charge < -0.3 is 10.1 Å². The molecule has 0 spiro atoms. The van der Waals surface area contributed by atoms with Crippen LogP contribution >= 0.6 is 22.6 Å². The topological polar surface area (TPSA) is 78.9 Å². The second-order valence-corrected chi connectivity index (χ2v) is 9.82. The molecule has 0 bridgehead atoms. The van der Waals surface area contributed by atoms with Crippen LogP contribution in [0.15, 0.2) is 54.6 Å². The predicted octanol–water partition coefficient (Wildman–Crippen LogP) is 8.38. The van der Waals surface area contributed by atoms with E-state index in [-0.39, 0.29) is 16.7 Å². The smallest absolute Gasteiger partial charge is 0.433 e. The Morgan fingerprint density at radius 1 is 0.867 bits per heavy atom. The molecule has 2 amide bonds. The fourth-order valence-electron chi connectivity index (χ4n) is 3.67. The third-order valence-electron chi connectivity index (χ3n) is 5.82. The van der Waals surface area contributed by atoms with Crippen molar-refractivity contribution in [2.24, 2.45) is 0 Å². The summed E-state index contributed by atoms with van der Waals surface area (Å²) in [6.07, 6.45) is -14.1. The SMILES string of the molecule is O=C(Nc1c(I)cc(C(F)(C(F)(F)F)C(F)(F)C(F)(F)F)cc1OC(F)F)c1cccc(N(O)C(=O)c2ccc(F)cc2)c1F. The quantitative estimate of drug-likeness (QED) is 0.104. The van der Waals surface area contributed by atoms with Gasteiger partial charge in [0.05, 0.1) is 11.3 Å². The number of nitrogens with zero attached hydrogens (tertiary/aromatic N) is 1. The summed E-state index contributed by atoms with van der Waals surface area (Å²) >= 11 is 0.859. The van der Waals surface area contributed by atoms with E-state index in [1.807, 2.05) is 0 Å². The molecule has 0 aliphatic heterocycles. The van der Waals surface area contributed by atoms with Gasteiger partial charge in [-0.1, -0.05) is 6.07 Å². The second-order valence-electron chi connectivity index (χ2n) is 8.65. The van der Waals surface area contributed by atoms with Gasteiger partial charge >= 0.3 is 30.6 Å². The first-order chi connectivity index (χ1) is 20.5. The number of amides is 2. The summed E-state index contributed by atoms with van der Waals surface area (Å²) in [4.78, 5) is 25.3. The third kappa shape index (κ3) is 6.75. The zero-order valence-corrected chi connectivity index (χ0v) is 23.3. The van der Waals surface area contributed by atoms with Gasteiger partial charge in [-0.3, -0.25) is 14.8 Å². The summed E-state index contributed by atoms with van der Waals surface area (Å²) in [6.45, 7) is -4.03. The molecule has 3 rings (SSSR count). The van der Waals surface area contributed by atoms with E-state index in [0.29, 0.717) is 6.07 Å². The standard InChI is InChI=1S/C25H12F13IN2O4/c26-12-6-4-10(5-7-12)20(43)41(44)15-3-1-2-13(17(15)27)19(42)40-18-14(39)8-11(9-16(18)45-21(28)29)22(30,24(33,34)35)23(31,32)25(36,37)38/h1-9,21,44H,(H,40,42). The molecule has 20 heteroatoms. The molecule has 244 valence electrons. The van der Waals surface area contributed by atoms with Crippen molar-refractivity contribution in [3.8, 4) is 5.75 Å². The number of carbonyl (C=O) groups is 2. The molecule has 0 fully saturated rings. The van der Waals surface area contributed by atoms with E-state index >= 15 is 4.39 Å². The molecule has 0 radical (unpaired) electrons. The molecule has 45 heavy (non-hydrogen) atoms. The summed E-state index contributed by atoms with van der Waals surface area (Å²) in [5.41, 5.74) is -12.7. The molecular formula is C25H12F13IN2O4. The number of alkyl halides is 11. The van der Waals surface area contributed by atoms with Crippen LogP contribution in [0.1, 0.15) is 26.3 Å². The molecule has 0 heterocycles. The van der Waals surface area contributed by atoms with Gasteiger partial charge in [0.15, 0.2) is 11.6 Å². The Balaban J connectivity index is 2.09. The minimum Gasteiger partial charge on any atom is -0.433 e. The van der Waals surface area contributed by atoms with Crippen molar-refractivity contribution in [1.82, 2.24) is 0 Å². The summed E-state index contributed by atoms with van der Waals surface area (Å²) < 4.78 is 179. The fourth-order valence-corrected chi connectivity index (χ4v) is 4.41. The van der Waals surface area contributed by atoms with Crippen molar-refractivity contribution in [3.63, 3.8) is 0 Å². The first kappa shape index (κ1) is 35.7. The van der Waals surface area contributed by atoms with Gasteiger partial charge in [0, 0.05) is 14.7 Å². The van der Waals surface area contributed by atoms with E-state index in [1.165, 1.54) is 0 Å². The van der Waals surface area contributed by atoms with Crippen molar-refractivity contribution in [2.45, 2.75) is 30.6 Å². The van der Waals surface area contributed by atoms with E-state index < -0.39 is 91.9 Å². The molecule has 3 aromatic carbocycles. The summed E-state index contributed by atoms with van der Waals surface area (Å²) in [5, 5.41) is 11.6. The molecular weight excluding hydrogens is 766 g/mol. The predicted molar refractivity (Wildman–Crippen MR) is 135 cm³/mol. The van der Waals surface area contributed by atoms with Crippen LogP contribution in [0.4, 0.5) is 68.5 Å². The van der Waals surface area contributed by atoms with Gasteiger partial charge in [0.2, 0.25) is 0 Å². The minimum atomic E-state index is -7.17. The lowest BCUT2D eigenvalue weighted by Crippen LogP contribution is -2.59. The Morgan fingerprint density at radius 3 is 1.96 bits per heavy atom. The number of ether oxygens (including phenoxy) is 1. The van der Waals surface area contributed by atoms with Gasteiger partial charge in [-0.05, 0) is 71.1 Å². The zero-order valence-electron chi connectivity index (χ0n) is 21.2. The Bertz CT molecular complexity index is 1600. The van der Waals surface area contributed by atoms with Gasteiger partial charge in [0.25, 0.3) is 11.8 Å². The monoisotopic (exact) mass is 778 g/mol. The van der Waals surface area contributed by atoms with Crippen LogP contribution in [0.5, 0.6) is 5.75 Å². The Hall–Kier alpha value is -3.82. The molecule has 2 N–H and O–H groups in total. The average Bonchev–Trinajstić information content (AvgIpc) is 2.92. The maximum Gasteiger partial charge on any atom is 0.457 e. The van der Waals surface area contributed by atoms with Gasteiger partial charge in [-0.2, -0.15) is 49.0 Å². The summed E-state index contributed by atoms with van der Waals surface area (Å²) in [7, 11) is 0. The second kappa shape index (κ2) is 12.5. The highest BCUT2D eigenvalue weighted by Gasteiger charge is 2.81. The number of hydrogen-bond donors (Lipinski definition) is 2. The number of hydrogen-bond acceptors (Lipinski definition) is 4. The van der Waals surface area contributed by atoms with E-state index in [1.54, 1.807) is 5.32 Å². The first-order valence-electron chi connectivity index (χ1n) is 11.4. The van der Waals surface area contributed by atoms with Crippen molar-refractivity contribution < 1.29 is 76.6 Å². The maximum absolute atomic E-state index is 15.2.